The number of hydrogen-bond donors (Lipinski definition) is 1. The molecule has 2 aliphatic rings. The van der Waals surface area contributed by atoms with Gasteiger partial charge in [0.2, 0.25) is 15.9 Å². The van der Waals surface area contributed by atoms with Crippen LogP contribution in [0.1, 0.15) is 45.4 Å². The van der Waals surface area contributed by atoms with Crippen LogP contribution in [0.2, 0.25) is 0 Å². The minimum absolute atomic E-state index is 0.201. The minimum atomic E-state index is -3.37. The van der Waals surface area contributed by atoms with Crippen molar-refractivity contribution in [3.63, 3.8) is 0 Å². The Morgan fingerprint density at radius 1 is 1.38 bits per heavy atom. The summed E-state index contributed by atoms with van der Waals surface area (Å²) in [5.41, 5.74) is -0.201. The number of sulfonamides is 1. The monoisotopic (exact) mass is 314 g/mol. The first-order valence-corrected chi connectivity index (χ1v) is 9.32. The Balaban J connectivity index is 1.87. The first-order chi connectivity index (χ1) is 9.86. The smallest absolute Gasteiger partial charge is 0.233 e. The molecule has 0 bridgehead atoms. The maximum Gasteiger partial charge on any atom is 0.233 e. The van der Waals surface area contributed by atoms with Gasteiger partial charge < -0.3 is 4.90 Å². The normalized spacial score (nSPS) is 25.8. The van der Waals surface area contributed by atoms with Gasteiger partial charge in [-0.2, -0.15) is 0 Å². The van der Waals surface area contributed by atoms with Crippen LogP contribution in [0.4, 0.5) is 0 Å². The Hall–Kier alpha value is -0.880. The second-order valence-corrected chi connectivity index (χ2v) is 8.30. The van der Waals surface area contributed by atoms with E-state index in [4.69, 9.17) is 0 Å². The summed E-state index contributed by atoms with van der Waals surface area (Å²) in [6, 6.07) is 0. The molecule has 1 aliphatic heterocycles. The van der Waals surface area contributed by atoms with Crippen molar-refractivity contribution in [2.45, 2.75) is 45.4 Å². The second-order valence-electron chi connectivity index (χ2n) is 6.59. The van der Waals surface area contributed by atoms with Gasteiger partial charge in [-0.25, -0.2) is 13.1 Å². The van der Waals surface area contributed by atoms with Gasteiger partial charge in [0.1, 0.15) is 0 Å². The summed E-state index contributed by atoms with van der Waals surface area (Å²) >= 11 is 0. The number of carbonyl (C=O) groups is 1. The van der Waals surface area contributed by atoms with Crippen molar-refractivity contribution in [1.82, 2.24) is 9.62 Å². The van der Waals surface area contributed by atoms with E-state index in [9.17, 15) is 13.2 Å². The molecule has 0 aromatic rings. The third-order valence-electron chi connectivity index (χ3n) is 4.84. The molecule has 6 heteroatoms. The molecule has 120 valence electrons. The van der Waals surface area contributed by atoms with Gasteiger partial charge in [-0.05, 0) is 25.2 Å². The van der Waals surface area contributed by atoms with E-state index in [-0.39, 0.29) is 17.2 Å². The van der Waals surface area contributed by atoms with Crippen molar-refractivity contribution in [2.24, 2.45) is 11.3 Å². The topological polar surface area (TPSA) is 66.5 Å². The number of amides is 1. The number of nitrogens with zero attached hydrogens (tertiary/aromatic N) is 1. The predicted octanol–water partition coefficient (Wildman–Crippen LogP) is 1.87. The van der Waals surface area contributed by atoms with E-state index in [0.717, 1.165) is 44.1 Å². The number of rotatable bonds is 5. The summed E-state index contributed by atoms with van der Waals surface area (Å²) in [6.45, 7) is 7.15. The third kappa shape index (κ3) is 4.07. The fourth-order valence-electron chi connectivity index (χ4n) is 3.40. The predicted molar refractivity (Wildman–Crippen MR) is 83.0 cm³/mol. The summed E-state index contributed by atoms with van der Waals surface area (Å²) in [6.07, 6.45) is 6.33. The van der Waals surface area contributed by atoms with Crippen LogP contribution in [0.3, 0.4) is 0 Å². The second kappa shape index (κ2) is 6.48. The Bertz CT molecular complexity index is 495. The van der Waals surface area contributed by atoms with Gasteiger partial charge in [0.25, 0.3) is 0 Å². The van der Waals surface area contributed by atoms with Crippen molar-refractivity contribution in [3.05, 3.63) is 12.0 Å². The van der Waals surface area contributed by atoms with Gasteiger partial charge in [-0.3, -0.25) is 4.79 Å². The molecule has 1 aliphatic carbocycles. The van der Waals surface area contributed by atoms with E-state index in [0.29, 0.717) is 13.1 Å². The van der Waals surface area contributed by atoms with Gasteiger partial charge in [-0.15, -0.1) is 0 Å². The van der Waals surface area contributed by atoms with Crippen molar-refractivity contribution >= 4 is 15.9 Å². The van der Waals surface area contributed by atoms with E-state index in [1.54, 1.807) is 0 Å². The zero-order valence-electron chi connectivity index (χ0n) is 12.8. The first kappa shape index (κ1) is 16.5. The lowest BCUT2D eigenvalue weighted by atomic mass is 9.74. The van der Waals surface area contributed by atoms with Crippen molar-refractivity contribution in [1.29, 1.82) is 0 Å². The Kier molecular flexibility index (Phi) is 5.09. The van der Waals surface area contributed by atoms with Crippen LogP contribution >= 0.6 is 0 Å². The maximum atomic E-state index is 12.7. The summed E-state index contributed by atoms with van der Waals surface area (Å²) in [5, 5.41) is 0.925. The molecule has 0 radical (unpaired) electrons. The molecular formula is C15H26N2O3S. The summed E-state index contributed by atoms with van der Waals surface area (Å²) < 4.78 is 25.2. The summed E-state index contributed by atoms with van der Waals surface area (Å²) in [7, 11) is -3.37. The molecule has 1 N–H and O–H groups in total. The average Bonchev–Trinajstić information content (AvgIpc) is 2.94. The van der Waals surface area contributed by atoms with E-state index >= 15 is 0 Å². The summed E-state index contributed by atoms with van der Waals surface area (Å²) in [4.78, 5) is 14.6. The largest absolute Gasteiger partial charge is 0.342 e. The van der Waals surface area contributed by atoms with Crippen LogP contribution in [0.5, 0.6) is 0 Å². The molecule has 5 nitrogen and oxygen atoms in total. The highest BCUT2D eigenvalue weighted by atomic mass is 32.2. The number of carbonyl (C=O) groups excluding carboxylic acids is 1. The minimum Gasteiger partial charge on any atom is -0.342 e. The van der Waals surface area contributed by atoms with Gasteiger partial charge in [-0.1, -0.05) is 32.8 Å². The highest BCUT2D eigenvalue weighted by Gasteiger charge is 2.39. The van der Waals surface area contributed by atoms with Crippen LogP contribution in [0, 0.1) is 11.3 Å². The number of hydrogen-bond acceptors (Lipinski definition) is 3. The van der Waals surface area contributed by atoms with Crippen LogP contribution in [-0.2, 0) is 14.8 Å². The standard InChI is InChI=1S/C15H26N2O3S/c1-3-21(19,20)16-11-13-7-10-17(12-13)14(18)15(2)8-5-4-6-9-15/h3,13,16H,1,4-12H2,2H3/t13-/m1/s1. The molecule has 21 heavy (non-hydrogen) atoms. The molecule has 2 rings (SSSR count). The molecule has 0 aromatic carbocycles. The molecule has 1 saturated carbocycles. The zero-order valence-corrected chi connectivity index (χ0v) is 13.6. The zero-order chi connectivity index (χ0) is 15.5. The molecule has 0 aromatic heterocycles. The molecular weight excluding hydrogens is 288 g/mol. The molecule has 0 spiro atoms. The van der Waals surface area contributed by atoms with Crippen LogP contribution in [0.15, 0.2) is 12.0 Å². The fourth-order valence-corrected chi connectivity index (χ4v) is 3.99. The lowest BCUT2D eigenvalue weighted by molar-refractivity contribution is -0.142. The van der Waals surface area contributed by atoms with Crippen molar-refractivity contribution in [3.8, 4) is 0 Å². The van der Waals surface area contributed by atoms with Gasteiger partial charge >= 0.3 is 0 Å². The SMILES string of the molecule is C=CS(=O)(=O)NC[C@H]1CCN(C(=O)C2(C)CCCCC2)C1. The van der Waals surface area contributed by atoms with Gasteiger partial charge in [0, 0.05) is 30.5 Å². The van der Waals surface area contributed by atoms with Crippen molar-refractivity contribution < 1.29 is 13.2 Å². The fraction of sp³-hybridized carbons (Fsp3) is 0.800. The summed E-state index contributed by atoms with van der Waals surface area (Å²) in [5.74, 6) is 0.465. The Morgan fingerprint density at radius 3 is 2.67 bits per heavy atom. The number of nitrogens with one attached hydrogen (secondary N) is 1. The average molecular weight is 314 g/mol. The third-order valence-corrected chi connectivity index (χ3v) is 5.85. The van der Waals surface area contributed by atoms with E-state index in [2.05, 4.69) is 18.2 Å². The van der Waals surface area contributed by atoms with Crippen LogP contribution < -0.4 is 4.72 Å². The first-order valence-electron chi connectivity index (χ1n) is 7.78. The van der Waals surface area contributed by atoms with Gasteiger partial charge in [0.15, 0.2) is 0 Å². The maximum absolute atomic E-state index is 12.7. The van der Waals surface area contributed by atoms with Crippen LogP contribution in [0.25, 0.3) is 0 Å². The van der Waals surface area contributed by atoms with Gasteiger partial charge in [0.05, 0.1) is 0 Å². The molecule has 0 unspecified atom stereocenters. The lowest BCUT2D eigenvalue weighted by Crippen LogP contribution is -2.42. The van der Waals surface area contributed by atoms with E-state index < -0.39 is 10.0 Å². The lowest BCUT2D eigenvalue weighted by Gasteiger charge is -2.35. The quantitative estimate of drug-likeness (QED) is 0.842. The highest BCUT2D eigenvalue weighted by Crippen LogP contribution is 2.38. The molecule has 1 amide bonds. The van der Waals surface area contributed by atoms with E-state index in [1.807, 2.05) is 4.90 Å². The Labute approximate surface area is 127 Å². The molecule has 2 fully saturated rings. The number of likely N-dealkylation sites (tertiary alicyclic amines) is 1. The Morgan fingerprint density at radius 2 is 2.05 bits per heavy atom. The molecule has 1 atom stereocenters. The van der Waals surface area contributed by atoms with E-state index in [1.165, 1.54) is 6.42 Å². The molecule has 1 saturated heterocycles. The molecule has 1 heterocycles. The van der Waals surface area contributed by atoms with Crippen molar-refractivity contribution in [2.75, 3.05) is 19.6 Å². The van der Waals surface area contributed by atoms with Crippen LogP contribution in [-0.4, -0.2) is 38.9 Å². The highest BCUT2D eigenvalue weighted by molar-refractivity contribution is 7.92.